The zero-order chi connectivity index (χ0) is 36.1. The maximum atomic E-state index is 13.9. The fourth-order valence-corrected chi connectivity index (χ4v) is 5.23. The number of methoxy groups -OCH3 is 1. The minimum atomic E-state index is -4.90. The number of benzene rings is 1. The number of carbonyl (C=O) groups excluding carboxylic acids is 1. The number of nitrogens with two attached hydrogens (primary N) is 1. The SMILES string of the molecule is CC[C@]1(N)C[C@H](c2ncc(OCCOC)c(Cc3cc(C#N)cc(C(F)(F)F)c3)n2)c2nc(C(F)(F)F)ccc2N1C(=O)OCCC(=O)O. The molecule has 0 aliphatic carbocycles. The molecule has 1 aliphatic rings. The van der Waals surface area contributed by atoms with E-state index in [4.69, 9.17) is 25.1 Å². The number of ether oxygens (including phenoxy) is 3. The van der Waals surface area contributed by atoms with Crippen molar-refractivity contribution in [1.29, 1.82) is 5.26 Å². The van der Waals surface area contributed by atoms with Gasteiger partial charge in [-0.1, -0.05) is 6.92 Å². The number of aliphatic carboxylic acids is 1. The van der Waals surface area contributed by atoms with E-state index in [0.29, 0.717) is 12.1 Å². The van der Waals surface area contributed by atoms with Crippen molar-refractivity contribution in [2.45, 2.75) is 56.5 Å². The number of nitriles is 1. The number of rotatable bonds is 11. The summed E-state index contributed by atoms with van der Waals surface area (Å²) in [6.07, 6.45) is -10.7. The molecule has 0 spiro atoms. The van der Waals surface area contributed by atoms with E-state index in [2.05, 4.69) is 15.0 Å². The third kappa shape index (κ3) is 8.53. The van der Waals surface area contributed by atoms with E-state index in [1.807, 2.05) is 0 Å². The average molecular weight is 697 g/mol. The third-order valence-corrected chi connectivity index (χ3v) is 7.63. The lowest BCUT2D eigenvalue weighted by Crippen LogP contribution is -2.62. The van der Waals surface area contributed by atoms with E-state index in [0.717, 1.165) is 17.0 Å². The second-order valence-electron chi connectivity index (χ2n) is 11.0. The van der Waals surface area contributed by atoms with E-state index >= 15 is 0 Å². The molecule has 2 aromatic heterocycles. The van der Waals surface area contributed by atoms with Crippen LogP contribution in [-0.2, 0) is 33.0 Å². The van der Waals surface area contributed by atoms with Gasteiger partial charge in [-0.3, -0.25) is 9.69 Å². The molecule has 0 unspecified atom stereocenters. The van der Waals surface area contributed by atoms with Gasteiger partial charge in [0.25, 0.3) is 0 Å². The molecule has 18 heteroatoms. The first-order chi connectivity index (χ1) is 23.0. The molecule has 0 saturated heterocycles. The summed E-state index contributed by atoms with van der Waals surface area (Å²) in [6, 6.07) is 6.09. The van der Waals surface area contributed by atoms with Crippen LogP contribution < -0.4 is 15.4 Å². The number of amides is 1. The molecule has 262 valence electrons. The quantitative estimate of drug-likeness (QED) is 0.194. The first-order valence-corrected chi connectivity index (χ1v) is 14.6. The maximum Gasteiger partial charge on any atom is 0.433 e. The lowest BCUT2D eigenvalue weighted by molar-refractivity contribution is -0.141. The maximum absolute atomic E-state index is 13.9. The Hall–Kier alpha value is -5.02. The van der Waals surface area contributed by atoms with Gasteiger partial charge in [0.2, 0.25) is 0 Å². The van der Waals surface area contributed by atoms with E-state index in [-0.39, 0.29) is 72.3 Å². The highest BCUT2D eigenvalue weighted by Gasteiger charge is 2.48. The molecule has 0 saturated carbocycles. The summed E-state index contributed by atoms with van der Waals surface area (Å²) >= 11 is 0. The minimum absolute atomic E-state index is 0.0122. The summed E-state index contributed by atoms with van der Waals surface area (Å²) < 4.78 is 98.3. The summed E-state index contributed by atoms with van der Waals surface area (Å²) in [5.74, 6) is -2.54. The Kier molecular flexibility index (Phi) is 11.0. The number of nitrogens with zero attached hydrogens (tertiary/aromatic N) is 5. The normalized spacial score (nSPS) is 17.6. The molecule has 12 nitrogen and oxygen atoms in total. The van der Waals surface area contributed by atoms with Crippen molar-refractivity contribution in [3.63, 3.8) is 0 Å². The van der Waals surface area contributed by atoms with Crippen LogP contribution in [0.4, 0.5) is 36.8 Å². The van der Waals surface area contributed by atoms with Gasteiger partial charge < -0.3 is 25.1 Å². The van der Waals surface area contributed by atoms with Crippen LogP contribution in [0, 0.1) is 11.3 Å². The molecule has 3 N–H and O–H groups in total. The topological polar surface area (TPSA) is 174 Å². The zero-order valence-corrected chi connectivity index (χ0v) is 26.1. The Morgan fingerprint density at radius 3 is 2.45 bits per heavy atom. The van der Waals surface area contributed by atoms with Gasteiger partial charge in [-0.15, -0.1) is 0 Å². The Morgan fingerprint density at radius 1 is 1.10 bits per heavy atom. The summed E-state index contributed by atoms with van der Waals surface area (Å²) in [5.41, 5.74) is 2.02. The highest BCUT2D eigenvalue weighted by Crippen LogP contribution is 2.46. The smallest absolute Gasteiger partial charge is 0.433 e. The largest absolute Gasteiger partial charge is 0.488 e. The number of aromatic nitrogens is 3. The van der Waals surface area contributed by atoms with Gasteiger partial charge >= 0.3 is 24.4 Å². The van der Waals surface area contributed by atoms with Gasteiger partial charge in [-0.25, -0.2) is 19.7 Å². The highest BCUT2D eigenvalue weighted by molar-refractivity contribution is 5.91. The van der Waals surface area contributed by atoms with Crippen LogP contribution in [0.3, 0.4) is 0 Å². The van der Waals surface area contributed by atoms with Crippen LogP contribution in [0.2, 0.25) is 0 Å². The van der Waals surface area contributed by atoms with E-state index in [1.54, 1.807) is 13.0 Å². The van der Waals surface area contributed by atoms with Gasteiger partial charge in [0.05, 0.1) is 59.4 Å². The molecule has 49 heavy (non-hydrogen) atoms. The molecule has 3 aromatic rings. The predicted molar refractivity (Wildman–Crippen MR) is 157 cm³/mol. The standard InChI is InChI=1S/C31H30F6N6O6/c1-3-29(39)14-20(26-22(4-5-24(42-26)31(35,36)37)43(29)28(46)49-7-6-25(44)45)27-40-16-23(48-9-8-47-2)21(41-27)13-17-10-18(15-38)12-19(11-17)30(32,33)34/h4-5,10-12,16,20H,3,6-9,13-14,39H2,1-2H3,(H,44,45)/t20-,29+/m0/s1. The number of hydrogen-bond acceptors (Lipinski definition) is 10. The van der Waals surface area contributed by atoms with Crippen molar-refractivity contribution in [3.05, 3.63) is 76.1 Å². The molecule has 4 rings (SSSR count). The Morgan fingerprint density at radius 2 is 1.84 bits per heavy atom. The Bertz CT molecular complexity index is 1750. The number of alkyl halides is 6. The number of carbonyl (C=O) groups is 2. The third-order valence-electron chi connectivity index (χ3n) is 7.63. The molecule has 1 aliphatic heterocycles. The van der Waals surface area contributed by atoms with Crippen LogP contribution in [0.5, 0.6) is 5.75 Å². The first-order valence-electron chi connectivity index (χ1n) is 14.6. The van der Waals surface area contributed by atoms with Gasteiger partial charge in [-0.05, 0) is 48.7 Å². The van der Waals surface area contributed by atoms with Crippen molar-refractivity contribution in [2.24, 2.45) is 5.73 Å². The molecule has 0 bridgehead atoms. The van der Waals surface area contributed by atoms with Crippen molar-refractivity contribution >= 4 is 17.7 Å². The molecule has 0 radical (unpaired) electrons. The second kappa shape index (κ2) is 14.6. The highest BCUT2D eigenvalue weighted by atomic mass is 19.4. The van der Waals surface area contributed by atoms with Crippen LogP contribution in [0.15, 0.2) is 36.5 Å². The van der Waals surface area contributed by atoms with Crippen LogP contribution in [0.1, 0.15) is 71.7 Å². The summed E-state index contributed by atoms with van der Waals surface area (Å²) in [6.45, 7) is 1.17. The molecule has 1 aromatic carbocycles. The molecule has 1 amide bonds. The molecule has 2 atom stereocenters. The number of carboxylic acid groups (broad SMARTS) is 1. The fourth-order valence-electron chi connectivity index (χ4n) is 5.23. The van der Waals surface area contributed by atoms with E-state index < -0.39 is 60.3 Å². The van der Waals surface area contributed by atoms with Gasteiger partial charge in [0.1, 0.15) is 30.4 Å². The fraction of sp³-hybridized carbons (Fsp3) is 0.419. The lowest BCUT2D eigenvalue weighted by atomic mass is 9.83. The van der Waals surface area contributed by atoms with Crippen LogP contribution >= 0.6 is 0 Å². The lowest BCUT2D eigenvalue weighted by Gasteiger charge is -2.46. The molecule has 3 heterocycles. The first kappa shape index (κ1) is 36.8. The number of anilines is 1. The van der Waals surface area contributed by atoms with Crippen molar-refractivity contribution in [1.82, 2.24) is 15.0 Å². The Balaban J connectivity index is 1.87. The van der Waals surface area contributed by atoms with Crippen LogP contribution in [0.25, 0.3) is 0 Å². The summed E-state index contributed by atoms with van der Waals surface area (Å²) in [4.78, 5) is 37.8. The van der Waals surface area contributed by atoms with Gasteiger partial charge in [-0.2, -0.15) is 31.6 Å². The molecular weight excluding hydrogens is 666 g/mol. The Labute approximate surface area is 275 Å². The van der Waals surface area contributed by atoms with Crippen molar-refractivity contribution in [2.75, 3.05) is 31.8 Å². The summed E-state index contributed by atoms with van der Waals surface area (Å²) in [7, 11) is 1.41. The van der Waals surface area contributed by atoms with E-state index in [1.165, 1.54) is 19.4 Å². The van der Waals surface area contributed by atoms with E-state index in [9.17, 15) is 41.2 Å². The predicted octanol–water partition coefficient (Wildman–Crippen LogP) is 5.42. The molecular formula is C31H30F6N6O6. The van der Waals surface area contributed by atoms with Crippen LogP contribution in [-0.4, -0.2) is 64.7 Å². The zero-order valence-electron chi connectivity index (χ0n) is 26.1. The summed E-state index contributed by atoms with van der Waals surface area (Å²) in [5, 5.41) is 18.3. The van der Waals surface area contributed by atoms with Gasteiger partial charge in [0, 0.05) is 13.5 Å². The number of fused-ring (bicyclic) bond motifs is 1. The minimum Gasteiger partial charge on any atom is -0.488 e. The number of halogens is 6. The number of pyridine rings is 1. The van der Waals surface area contributed by atoms with Gasteiger partial charge in [0.15, 0.2) is 5.75 Å². The average Bonchev–Trinajstić information content (AvgIpc) is 3.03. The second-order valence-corrected chi connectivity index (χ2v) is 11.0. The number of carboxylic acids is 1. The molecule has 0 fully saturated rings. The van der Waals surface area contributed by atoms with Crippen molar-refractivity contribution < 1.29 is 55.2 Å². The van der Waals surface area contributed by atoms with Crippen molar-refractivity contribution in [3.8, 4) is 11.8 Å². The monoisotopic (exact) mass is 696 g/mol. The number of hydrogen-bond donors (Lipinski definition) is 2.